The van der Waals surface area contributed by atoms with Crippen molar-refractivity contribution in [2.45, 2.75) is 44.2 Å². The molecule has 1 aromatic carbocycles. The van der Waals surface area contributed by atoms with Crippen LogP contribution in [-0.2, 0) is 11.2 Å². The predicted molar refractivity (Wildman–Crippen MR) is 96.5 cm³/mol. The Kier molecular flexibility index (Phi) is 3.52. The molecule has 0 bridgehead atoms. The lowest BCUT2D eigenvalue weighted by atomic mass is 9.46. The van der Waals surface area contributed by atoms with Crippen molar-refractivity contribution in [3.05, 3.63) is 36.0 Å². The minimum Gasteiger partial charge on any atom is -0.377 e. The standard InChI is InChI=1S/C20H25N3O2/c24-19(21-10-6-14-12-13-4-1-2-5-16(13)22-14)23-17-15-7-11-25-18(15)20(17)8-3-9-20/h1-2,4-5,12,15,17-18,22H,3,6-11H2,(H2,21,23,24). The number of rotatable bonds is 4. The Hall–Kier alpha value is -2.01. The Balaban J connectivity index is 1.15. The largest absolute Gasteiger partial charge is 0.377 e. The van der Waals surface area contributed by atoms with Crippen LogP contribution in [0.1, 0.15) is 31.4 Å². The topological polar surface area (TPSA) is 66.2 Å². The number of fused-ring (bicyclic) bond motifs is 3. The first-order valence-electron chi connectivity index (χ1n) is 9.49. The van der Waals surface area contributed by atoms with Gasteiger partial charge in [0.15, 0.2) is 0 Å². The number of carbonyl (C=O) groups is 1. The number of carbonyl (C=O) groups excluding carboxylic acids is 1. The number of H-pyrrole nitrogens is 1. The zero-order chi connectivity index (χ0) is 16.9. The van der Waals surface area contributed by atoms with E-state index < -0.39 is 0 Å². The predicted octanol–water partition coefficient (Wildman–Crippen LogP) is 2.97. The van der Waals surface area contributed by atoms with Crippen LogP contribution >= 0.6 is 0 Å². The molecule has 25 heavy (non-hydrogen) atoms. The van der Waals surface area contributed by atoms with Gasteiger partial charge in [0.2, 0.25) is 0 Å². The van der Waals surface area contributed by atoms with Gasteiger partial charge in [0.05, 0.1) is 6.10 Å². The van der Waals surface area contributed by atoms with E-state index in [1.165, 1.54) is 24.6 Å². The number of aromatic amines is 1. The molecule has 3 aliphatic rings. The van der Waals surface area contributed by atoms with Gasteiger partial charge in [-0.25, -0.2) is 4.79 Å². The number of hydrogen-bond acceptors (Lipinski definition) is 2. The summed E-state index contributed by atoms with van der Waals surface area (Å²) in [6.45, 7) is 1.50. The lowest BCUT2D eigenvalue weighted by Crippen LogP contribution is -2.72. The van der Waals surface area contributed by atoms with Gasteiger partial charge in [-0.2, -0.15) is 0 Å². The highest BCUT2D eigenvalue weighted by Crippen LogP contribution is 2.62. The summed E-state index contributed by atoms with van der Waals surface area (Å²) in [4.78, 5) is 15.8. The zero-order valence-electron chi connectivity index (χ0n) is 14.4. The van der Waals surface area contributed by atoms with Gasteiger partial charge in [-0.3, -0.25) is 0 Å². The minimum atomic E-state index is -0.0299. The molecule has 132 valence electrons. The highest BCUT2D eigenvalue weighted by atomic mass is 16.5. The SMILES string of the molecule is O=C(NCCc1cc2ccccc2[nH]1)NC1C2CCOC2C12CCC2. The maximum Gasteiger partial charge on any atom is 0.315 e. The molecule has 1 aliphatic heterocycles. The molecule has 3 atom stereocenters. The van der Waals surface area contributed by atoms with Crippen molar-refractivity contribution in [1.82, 2.24) is 15.6 Å². The van der Waals surface area contributed by atoms with Gasteiger partial charge in [-0.05, 0) is 36.8 Å². The second-order valence-electron chi connectivity index (χ2n) is 7.84. The number of hydrogen-bond donors (Lipinski definition) is 3. The number of ether oxygens (including phenoxy) is 1. The van der Waals surface area contributed by atoms with E-state index in [4.69, 9.17) is 4.74 Å². The van der Waals surface area contributed by atoms with Crippen molar-refractivity contribution in [3.63, 3.8) is 0 Å². The van der Waals surface area contributed by atoms with E-state index in [9.17, 15) is 4.79 Å². The molecule has 2 aliphatic carbocycles. The van der Waals surface area contributed by atoms with Crippen molar-refractivity contribution < 1.29 is 9.53 Å². The van der Waals surface area contributed by atoms with Crippen LogP contribution in [0.5, 0.6) is 0 Å². The molecule has 2 amide bonds. The maximum atomic E-state index is 12.4. The highest BCUT2D eigenvalue weighted by Gasteiger charge is 2.66. The average molecular weight is 339 g/mol. The third-order valence-electron chi connectivity index (χ3n) is 6.59. The van der Waals surface area contributed by atoms with E-state index in [0.29, 0.717) is 24.6 Å². The summed E-state index contributed by atoms with van der Waals surface area (Å²) in [5, 5.41) is 7.50. The second-order valence-corrected chi connectivity index (χ2v) is 7.84. The number of benzene rings is 1. The molecule has 1 spiro atoms. The van der Waals surface area contributed by atoms with Crippen LogP contribution in [0, 0.1) is 11.3 Å². The van der Waals surface area contributed by atoms with E-state index in [1.807, 2.05) is 12.1 Å². The Morgan fingerprint density at radius 2 is 2.20 bits per heavy atom. The van der Waals surface area contributed by atoms with Crippen LogP contribution in [0.15, 0.2) is 30.3 Å². The van der Waals surface area contributed by atoms with Crippen molar-refractivity contribution in [2.24, 2.45) is 11.3 Å². The van der Waals surface area contributed by atoms with Gasteiger partial charge in [0, 0.05) is 48.2 Å². The molecule has 5 heteroatoms. The summed E-state index contributed by atoms with van der Waals surface area (Å²) in [5.74, 6) is 0.528. The minimum absolute atomic E-state index is 0.0299. The van der Waals surface area contributed by atoms with Gasteiger partial charge in [-0.15, -0.1) is 0 Å². The fourth-order valence-corrected chi connectivity index (χ4v) is 5.23. The molecule has 0 radical (unpaired) electrons. The van der Waals surface area contributed by atoms with Crippen LogP contribution in [0.2, 0.25) is 0 Å². The number of nitrogens with one attached hydrogen (secondary N) is 3. The number of para-hydroxylation sites is 1. The number of aromatic nitrogens is 1. The molecule has 2 heterocycles. The second kappa shape index (κ2) is 5.77. The average Bonchev–Trinajstić information content (AvgIpc) is 3.16. The zero-order valence-corrected chi connectivity index (χ0v) is 14.4. The van der Waals surface area contributed by atoms with E-state index >= 15 is 0 Å². The molecule has 2 saturated carbocycles. The third-order valence-corrected chi connectivity index (χ3v) is 6.59. The lowest BCUT2D eigenvalue weighted by Gasteiger charge is -2.63. The summed E-state index contributed by atoms with van der Waals surface area (Å²) in [6.07, 6.45) is 5.98. The summed E-state index contributed by atoms with van der Waals surface area (Å²) >= 11 is 0. The molecule has 1 aromatic heterocycles. The van der Waals surface area contributed by atoms with Gasteiger partial charge in [-0.1, -0.05) is 24.6 Å². The fourth-order valence-electron chi connectivity index (χ4n) is 5.23. The van der Waals surface area contributed by atoms with Crippen molar-refractivity contribution >= 4 is 16.9 Å². The van der Waals surface area contributed by atoms with Gasteiger partial charge >= 0.3 is 6.03 Å². The van der Waals surface area contributed by atoms with E-state index in [0.717, 1.165) is 30.7 Å². The highest BCUT2D eigenvalue weighted by molar-refractivity contribution is 5.80. The number of amides is 2. The Morgan fingerprint density at radius 3 is 3.00 bits per heavy atom. The number of urea groups is 1. The van der Waals surface area contributed by atoms with E-state index in [1.54, 1.807) is 0 Å². The molecule has 5 rings (SSSR count). The quantitative estimate of drug-likeness (QED) is 0.802. The normalized spacial score (nSPS) is 29.0. The summed E-state index contributed by atoms with van der Waals surface area (Å²) < 4.78 is 5.91. The van der Waals surface area contributed by atoms with Crippen LogP contribution in [0.25, 0.3) is 10.9 Å². The molecule has 2 aromatic rings. The molecular weight excluding hydrogens is 314 g/mol. The molecule has 5 nitrogen and oxygen atoms in total. The van der Waals surface area contributed by atoms with Gasteiger partial charge in [0.1, 0.15) is 0 Å². The Bertz CT molecular complexity index is 762. The molecule has 3 fully saturated rings. The van der Waals surface area contributed by atoms with Crippen molar-refractivity contribution in [3.8, 4) is 0 Å². The first kappa shape index (κ1) is 15.3. The molecular formula is C20H25N3O2. The van der Waals surface area contributed by atoms with Crippen LogP contribution < -0.4 is 10.6 Å². The first-order chi connectivity index (χ1) is 12.3. The van der Waals surface area contributed by atoms with Crippen molar-refractivity contribution in [1.29, 1.82) is 0 Å². The van der Waals surface area contributed by atoms with Crippen molar-refractivity contribution in [2.75, 3.05) is 13.2 Å². The first-order valence-corrected chi connectivity index (χ1v) is 9.49. The van der Waals surface area contributed by atoms with Crippen LogP contribution in [-0.4, -0.2) is 36.3 Å². The molecule has 3 unspecified atom stereocenters. The third kappa shape index (κ3) is 2.36. The smallest absolute Gasteiger partial charge is 0.315 e. The van der Waals surface area contributed by atoms with E-state index in [-0.39, 0.29) is 11.4 Å². The van der Waals surface area contributed by atoms with Crippen LogP contribution in [0.3, 0.4) is 0 Å². The summed E-state index contributed by atoms with van der Waals surface area (Å²) in [5.41, 5.74) is 2.55. The Labute approximate surface area is 147 Å². The maximum absolute atomic E-state index is 12.4. The summed E-state index contributed by atoms with van der Waals surface area (Å²) in [7, 11) is 0. The Morgan fingerprint density at radius 1 is 1.32 bits per heavy atom. The van der Waals surface area contributed by atoms with E-state index in [2.05, 4.69) is 33.8 Å². The molecule has 3 N–H and O–H groups in total. The van der Waals surface area contributed by atoms with Gasteiger partial charge in [0.25, 0.3) is 0 Å². The summed E-state index contributed by atoms with van der Waals surface area (Å²) in [6, 6.07) is 10.7. The fraction of sp³-hybridized carbons (Fsp3) is 0.550. The van der Waals surface area contributed by atoms with Gasteiger partial charge < -0.3 is 20.4 Å². The lowest BCUT2D eigenvalue weighted by molar-refractivity contribution is -0.172. The molecule has 1 saturated heterocycles. The monoisotopic (exact) mass is 339 g/mol. The van der Waals surface area contributed by atoms with Crippen LogP contribution in [0.4, 0.5) is 4.79 Å².